The number of carbonyl (C=O) groups is 1. The molecule has 45 heavy (non-hydrogen) atoms. The Morgan fingerprint density at radius 2 is 1.69 bits per heavy atom. The van der Waals surface area contributed by atoms with Crippen LogP contribution in [0.5, 0.6) is 5.75 Å². The van der Waals surface area contributed by atoms with Gasteiger partial charge in [-0.2, -0.15) is 0 Å². The highest BCUT2D eigenvalue weighted by Gasteiger charge is 2.35. The summed E-state index contributed by atoms with van der Waals surface area (Å²) in [5.41, 5.74) is 3.07. The van der Waals surface area contributed by atoms with Crippen LogP contribution in [0.1, 0.15) is 35.2 Å². The van der Waals surface area contributed by atoms with Gasteiger partial charge < -0.3 is 9.47 Å². The van der Waals surface area contributed by atoms with Crippen LogP contribution >= 0.6 is 23.1 Å². The van der Waals surface area contributed by atoms with E-state index in [1.807, 2.05) is 79.1 Å². The third-order valence-corrected chi connectivity index (χ3v) is 9.08. The number of carbonyl (C=O) groups excluding carboxylic acids is 1. The number of hydrogen-bond donors (Lipinski definition) is 0. The number of benzene rings is 4. The molecule has 0 amide bonds. The van der Waals surface area contributed by atoms with E-state index in [0.717, 1.165) is 16.0 Å². The molecular weight excluding hydrogens is 608 g/mol. The molecule has 0 unspecified atom stereocenters. The number of aromatic nitrogens is 1. The molecule has 0 aliphatic carbocycles. The van der Waals surface area contributed by atoms with Crippen LogP contribution in [0.2, 0.25) is 0 Å². The number of rotatable bonds is 9. The van der Waals surface area contributed by atoms with E-state index in [2.05, 4.69) is 0 Å². The van der Waals surface area contributed by atoms with Crippen LogP contribution in [-0.4, -0.2) is 23.4 Å². The smallest absolute Gasteiger partial charge is 0.338 e. The molecule has 226 valence electrons. The third-order valence-electron chi connectivity index (χ3n) is 7.35. The van der Waals surface area contributed by atoms with Crippen molar-refractivity contribution in [2.75, 3.05) is 12.9 Å². The fourth-order valence-electron chi connectivity index (χ4n) is 5.19. The molecular formula is C36H29FN2O4S2. The zero-order valence-electron chi connectivity index (χ0n) is 24.6. The van der Waals surface area contributed by atoms with Gasteiger partial charge in [0.25, 0.3) is 5.56 Å². The highest BCUT2D eigenvalue weighted by Crippen LogP contribution is 2.35. The highest BCUT2D eigenvalue weighted by molar-refractivity contribution is 7.98. The van der Waals surface area contributed by atoms with Crippen LogP contribution in [0.15, 0.2) is 123 Å². The summed E-state index contributed by atoms with van der Waals surface area (Å²) in [5.74, 6) is -0.367. The van der Waals surface area contributed by atoms with Crippen LogP contribution in [0, 0.1) is 5.82 Å². The van der Waals surface area contributed by atoms with E-state index in [-0.39, 0.29) is 24.6 Å². The average molecular weight is 637 g/mol. The van der Waals surface area contributed by atoms with Gasteiger partial charge in [-0.05, 0) is 49.1 Å². The van der Waals surface area contributed by atoms with Crippen molar-refractivity contribution in [3.8, 4) is 5.75 Å². The van der Waals surface area contributed by atoms with Crippen molar-refractivity contribution in [2.45, 2.75) is 24.5 Å². The van der Waals surface area contributed by atoms with Crippen LogP contribution in [0.4, 0.5) is 4.39 Å². The Bertz CT molecular complexity index is 2070. The normalized spacial score (nSPS) is 14.6. The SMILES string of the molecule is CCOC(=O)C1=C(c2ccccc2)N=c2s/c(=C\c3ccccc3OCc3ccccc3F)c(=O)n2[C@H]1c1ccc(SC)cc1. The number of fused-ring (bicyclic) bond motifs is 1. The Hall–Kier alpha value is -4.73. The first-order valence-corrected chi connectivity index (χ1v) is 16.4. The molecule has 0 fully saturated rings. The Labute approximate surface area is 267 Å². The Balaban J connectivity index is 1.52. The second-order valence-electron chi connectivity index (χ2n) is 10.1. The number of hydrogen-bond acceptors (Lipinski definition) is 7. The largest absolute Gasteiger partial charge is 0.488 e. The Kier molecular flexibility index (Phi) is 9.09. The van der Waals surface area contributed by atoms with Gasteiger partial charge in [-0.3, -0.25) is 9.36 Å². The molecule has 2 heterocycles. The van der Waals surface area contributed by atoms with Crippen LogP contribution < -0.4 is 19.6 Å². The van der Waals surface area contributed by atoms with Gasteiger partial charge in [0.05, 0.1) is 28.5 Å². The van der Waals surface area contributed by atoms with E-state index in [9.17, 15) is 14.0 Å². The summed E-state index contributed by atoms with van der Waals surface area (Å²) in [6.45, 7) is 1.97. The van der Waals surface area contributed by atoms with Crippen molar-refractivity contribution in [1.29, 1.82) is 0 Å². The molecule has 1 aromatic heterocycles. The molecule has 6 nitrogen and oxygen atoms in total. The molecule has 0 spiro atoms. The van der Waals surface area contributed by atoms with Crippen molar-refractivity contribution in [3.63, 3.8) is 0 Å². The van der Waals surface area contributed by atoms with Crippen LogP contribution in [0.3, 0.4) is 0 Å². The first kappa shape index (κ1) is 30.3. The summed E-state index contributed by atoms with van der Waals surface area (Å²) in [6, 6.07) is 30.3. The highest BCUT2D eigenvalue weighted by atomic mass is 32.2. The van der Waals surface area contributed by atoms with Crippen molar-refractivity contribution >= 4 is 40.8 Å². The molecule has 1 aliphatic heterocycles. The summed E-state index contributed by atoms with van der Waals surface area (Å²) >= 11 is 2.85. The first-order chi connectivity index (χ1) is 22.0. The predicted octanol–water partition coefficient (Wildman–Crippen LogP) is 6.38. The zero-order valence-corrected chi connectivity index (χ0v) is 26.2. The van der Waals surface area contributed by atoms with Gasteiger partial charge in [-0.25, -0.2) is 14.2 Å². The van der Waals surface area contributed by atoms with E-state index in [4.69, 9.17) is 14.5 Å². The lowest BCUT2D eigenvalue weighted by molar-refractivity contribution is -0.138. The van der Waals surface area contributed by atoms with E-state index in [1.165, 1.54) is 17.4 Å². The molecule has 0 radical (unpaired) electrons. The van der Waals surface area contributed by atoms with Crippen molar-refractivity contribution in [3.05, 3.63) is 156 Å². The van der Waals surface area contributed by atoms with E-state index in [0.29, 0.717) is 37.5 Å². The van der Waals surface area contributed by atoms with Crippen molar-refractivity contribution in [2.24, 2.45) is 4.99 Å². The molecule has 0 N–H and O–H groups in total. The van der Waals surface area contributed by atoms with Gasteiger partial charge in [-0.1, -0.05) is 90.2 Å². The molecule has 0 bridgehead atoms. The number of thiazole rings is 1. The van der Waals surface area contributed by atoms with E-state index < -0.39 is 12.0 Å². The standard InChI is InChI=1S/C36H29FN2O4S2/c1-3-42-35(41)31-32(23-11-5-4-6-12-23)38-36-39(33(31)24-17-19-27(44-2)20-18-24)34(40)30(45-36)21-25-13-8-10-16-29(25)43-22-26-14-7-9-15-28(26)37/h4-21,33H,3,22H2,1-2H3/b30-21-/t33-/m0/s1. The minimum absolute atomic E-state index is 0.0359. The lowest BCUT2D eigenvalue weighted by Gasteiger charge is -2.26. The second-order valence-corrected chi connectivity index (χ2v) is 12.0. The third kappa shape index (κ3) is 6.27. The maximum atomic E-state index is 14.3. The molecule has 0 saturated heterocycles. The summed E-state index contributed by atoms with van der Waals surface area (Å²) in [4.78, 5) is 34.3. The molecule has 5 aromatic rings. The number of halogens is 1. The lowest BCUT2D eigenvalue weighted by Crippen LogP contribution is -2.40. The van der Waals surface area contributed by atoms with Crippen LogP contribution in [0.25, 0.3) is 11.8 Å². The fraction of sp³-hybridized carbons (Fsp3) is 0.139. The molecule has 1 aliphatic rings. The molecule has 6 rings (SSSR count). The Morgan fingerprint density at radius 1 is 0.978 bits per heavy atom. The van der Waals surface area contributed by atoms with Gasteiger partial charge in [0, 0.05) is 21.6 Å². The molecule has 4 aromatic carbocycles. The minimum atomic E-state index is -0.763. The summed E-state index contributed by atoms with van der Waals surface area (Å²) < 4.78 is 27.8. The van der Waals surface area contributed by atoms with Gasteiger partial charge in [0.15, 0.2) is 4.80 Å². The number of para-hydroxylation sites is 1. The predicted molar refractivity (Wildman–Crippen MR) is 176 cm³/mol. The van der Waals surface area contributed by atoms with E-state index >= 15 is 0 Å². The summed E-state index contributed by atoms with van der Waals surface area (Å²) in [7, 11) is 0. The number of thioether (sulfide) groups is 1. The maximum absolute atomic E-state index is 14.3. The van der Waals surface area contributed by atoms with Crippen LogP contribution in [-0.2, 0) is 16.1 Å². The van der Waals surface area contributed by atoms with Gasteiger partial charge in [0.2, 0.25) is 0 Å². The van der Waals surface area contributed by atoms with Crippen molar-refractivity contribution in [1.82, 2.24) is 4.57 Å². The maximum Gasteiger partial charge on any atom is 0.338 e. The van der Waals surface area contributed by atoms with Crippen molar-refractivity contribution < 1.29 is 18.7 Å². The van der Waals surface area contributed by atoms with E-state index in [1.54, 1.807) is 53.6 Å². The fourth-order valence-corrected chi connectivity index (χ4v) is 6.59. The molecule has 9 heteroatoms. The molecule has 1 atom stereocenters. The minimum Gasteiger partial charge on any atom is -0.488 e. The second kappa shape index (κ2) is 13.5. The average Bonchev–Trinajstić information content (AvgIpc) is 3.38. The molecule has 0 saturated carbocycles. The number of ether oxygens (including phenoxy) is 2. The summed E-state index contributed by atoms with van der Waals surface area (Å²) in [5, 5.41) is 0. The number of esters is 1. The summed E-state index contributed by atoms with van der Waals surface area (Å²) in [6.07, 6.45) is 3.75. The monoisotopic (exact) mass is 636 g/mol. The Morgan fingerprint density at radius 3 is 2.42 bits per heavy atom. The topological polar surface area (TPSA) is 69.9 Å². The number of nitrogens with zero attached hydrogens (tertiary/aromatic N) is 2. The zero-order chi connectivity index (χ0) is 31.3. The quantitative estimate of drug-likeness (QED) is 0.139. The van der Waals surface area contributed by atoms with Gasteiger partial charge >= 0.3 is 5.97 Å². The lowest BCUT2D eigenvalue weighted by atomic mass is 9.93. The van der Waals surface area contributed by atoms with Gasteiger partial charge in [-0.15, -0.1) is 11.8 Å². The first-order valence-electron chi connectivity index (χ1n) is 14.4. The van der Waals surface area contributed by atoms with Gasteiger partial charge in [0.1, 0.15) is 18.2 Å².